The van der Waals surface area contributed by atoms with Crippen LogP contribution in [0.15, 0.2) is 148 Å². The van der Waals surface area contributed by atoms with Crippen LogP contribution in [-0.2, 0) is 0 Å². The van der Waals surface area contributed by atoms with E-state index >= 15 is 0 Å². The molecule has 9 rings (SSSR count). The Labute approximate surface area is 346 Å². The van der Waals surface area contributed by atoms with Crippen LogP contribution in [0.3, 0.4) is 0 Å². The Bertz CT molecular complexity index is 3190. The maximum atomic E-state index is 11.9. The van der Waals surface area contributed by atoms with Gasteiger partial charge in [0.2, 0.25) is 0 Å². The lowest BCUT2D eigenvalue weighted by Gasteiger charge is -2.24. The molecule has 9 aromatic rings. The summed E-state index contributed by atoms with van der Waals surface area (Å²) < 4.78 is 4.53. The molecule has 0 aliphatic carbocycles. The molecule has 0 radical (unpaired) electrons. The highest BCUT2D eigenvalue weighted by Crippen LogP contribution is 2.40. The Morgan fingerprint density at radius 3 is 1.90 bits per heavy atom. The van der Waals surface area contributed by atoms with E-state index in [2.05, 4.69) is 114 Å². The van der Waals surface area contributed by atoms with Crippen molar-refractivity contribution in [3.05, 3.63) is 145 Å². The lowest BCUT2D eigenvalue weighted by atomic mass is 9.70. The lowest BCUT2D eigenvalue weighted by molar-refractivity contribution is 0.480. The molecule has 0 aliphatic heterocycles. The molecule has 0 amide bonds. The highest BCUT2D eigenvalue weighted by molar-refractivity contribution is 7.99. The minimum Gasteiger partial charge on any atom is -0.508 e. The van der Waals surface area contributed by atoms with E-state index < -0.39 is 0 Å². The first-order valence-corrected chi connectivity index (χ1v) is 20.7. The molecule has 7 aromatic carbocycles. The van der Waals surface area contributed by atoms with Crippen LogP contribution in [0.1, 0.15) is 11.1 Å². The maximum Gasteiger partial charge on any atom is 0.163 e. The van der Waals surface area contributed by atoms with E-state index in [4.69, 9.17) is 15.4 Å². The number of amidine groups is 2. The van der Waals surface area contributed by atoms with Crippen molar-refractivity contribution in [2.24, 2.45) is 9.98 Å². The average molecular weight is 763 g/mol. The second-order valence-corrected chi connectivity index (χ2v) is 15.8. The van der Waals surface area contributed by atoms with Crippen LogP contribution in [0.25, 0.3) is 60.4 Å². The molecule has 0 saturated heterocycles. The maximum absolute atomic E-state index is 11.9. The van der Waals surface area contributed by atoms with Crippen LogP contribution in [-0.4, -0.2) is 77.7 Å². The fraction of sp³-hybridized carbons (Fsp3) is 0.0217. The van der Waals surface area contributed by atoms with Gasteiger partial charge in [-0.3, -0.25) is 9.98 Å². The monoisotopic (exact) mass is 763 g/mol. The van der Waals surface area contributed by atoms with Crippen molar-refractivity contribution in [3.63, 3.8) is 0 Å². The van der Waals surface area contributed by atoms with Crippen LogP contribution in [0.5, 0.6) is 5.75 Å². The first kappa shape index (κ1) is 37.2. The number of aromatic hydroxyl groups is 1. The van der Waals surface area contributed by atoms with Gasteiger partial charge in [0, 0.05) is 43.3 Å². The van der Waals surface area contributed by atoms with Crippen molar-refractivity contribution in [2.75, 3.05) is 6.26 Å². The number of phenolic OH excluding ortho intramolecular Hbond substituents is 1. The van der Waals surface area contributed by atoms with Gasteiger partial charge >= 0.3 is 0 Å². The van der Waals surface area contributed by atoms with Gasteiger partial charge in [-0.2, -0.15) is 0 Å². The van der Waals surface area contributed by atoms with E-state index in [0.717, 1.165) is 71.4 Å². The number of aromatic nitrogens is 2. The van der Waals surface area contributed by atoms with Gasteiger partial charge in [0.1, 0.15) is 51.3 Å². The molecule has 12 heteroatoms. The van der Waals surface area contributed by atoms with Gasteiger partial charge in [0.15, 0.2) is 11.7 Å². The fourth-order valence-corrected chi connectivity index (χ4v) is 9.50. The molecule has 58 heavy (non-hydrogen) atoms. The third-order valence-electron chi connectivity index (χ3n) is 11.6. The molecule has 274 valence electrons. The molecule has 0 atom stereocenters. The number of nitrogens with one attached hydrogen (secondary N) is 1. The quantitative estimate of drug-likeness (QED) is 0.118. The molecular weight excluding hydrogens is 725 g/mol. The molecule has 0 unspecified atom stereocenters. The summed E-state index contributed by atoms with van der Waals surface area (Å²) in [5.41, 5.74) is 14.3. The Morgan fingerprint density at radius 1 is 0.638 bits per heavy atom. The van der Waals surface area contributed by atoms with Gasteiger partial charge < -0.3 is 9.67 Å². The largest absolute Gasteiger partial charge is 0.508 e. The highest BCUT2D eigenvalue weighted by Gasteiger charge is 2.25. The first-order chi connectivity index (χ1) is 28.2. The number of hydrogen-bond acceptors (Lipinski definition) is 3. The number of nitrogens with zero attached hydrogens (tertiary/aromatic N) is 4. The summed E-state index contributed by atoms with van der Waals surface area (Å²) >= 11 is 1.75. The van der Waals surface area contributed by atoms with Gasteiger partial charge in [-0.15, -0.1) is 11.8 Å². The van der Waals surface area contributed by atoms with E-state index in [0.29, 0.717) is 11.4 Å². The normalized spacial score (nSPS) is 12.1. The van der Waals surface area contributed by atoms with Gasteiger partial charge in [-0.05, 0) is 41.0 Å². The van der Waals surface area contributed by atoms with Gasteiger partial charge in [0.05, 0.1) is 22.1 Å². The highest BCUT2D eigenvalue weighted by atomic mass is 32.2. The van der Waals surface area contributed by atoms with Gasteiger partial charge in [-0.25, -0.2) is 9.98 Å². The molecule has 0 fully saturated rings. The Morgan fingerprint density at radius 2 is 1.22 bits per heavy atom. The van der Waals surface area contributed by atoms with Crippen molar-refractivity contribution in [1.29, 1.82) is 5.41 Å². The summed E-state index contributed by atoms with van der Waals surface area (Å²) in [5.74, 6) is 0.826. The SMILES string of the molecule is Bc1cc(B)c(SC)c(-c2cc(O)c(B)c(-n3c4ccccc4c4ccc5c6ccccc6n(/C=N/C(=N\C(=N)c6ccccc6)c6ccccc6)c5c43)c2B)c1B. The predicted molar refractivity (Wildman–Crippen MR) is 264 cm³/mol. The summed E-state index contributed by atoms with van der Waals surface area (Å²) in [4.78, 5) is 11.1. The molecule has 2 aromatic heterocycles. The van der Waals surface area contributed by atoms with E-state index in [1.54, 1.807) is 11.8 Å². The number of para-hydroxylation sites is 2. The van der Waals surface area contributed by atoms with E-state index in [1.807, 2.05) is 80.9 Å². The van der Waals surface area contributed by atoms with Crippen LogP contribution in [0.2, 0.25) is 0 Å². The van der Waals surface area contributed by atoms with Gasteiger partial charge in [0.25, 0.3) is 0 Å². The van der Waals surface area contributed by atoms with Crippen LogP contribution < -0.4 is 27.3 Å². The zero-order valence-corrected chi connectivity index (χ0v) is 34.2. The first-order valence-electron chi connectivity index (χ1n) is 19.4. The summed E-state index contributed by atoms with van der Waals surface area (Å²) in [7, 11) is 10.8. The van der Waals surface area contributed by atoms with Crippen molar-refractivity contribution in [3.8, 4) is 22.6 Å². The summed E-state index contributed by atoms with van der Waals surface area (Å²) in [6.07, 6.45) is 3.99. The lowest BCUT2D eigenvalue weighted by Crippen LogP contribution is -2.35. The number of benzene rings is 7. The third-order valence-corrected chi connectivity index (χ3v) is 12.5. The molecule has 0 spiro atoms. The second kappa shape index (κ2) is 14.9. The van der Waals surface area contributed by atoms with Crippen molar-refractivity contribution < 1.29 is 5.11 Å². The van der Waals surface area contributed by atoms with E-state index in [1.165, 1.54) is 26.8 Å². The zero-order chi connectivity index (χ0) is 40.2. The number of phenols is 1. The minimum absolute atomic E-state index is 0.135. The van der Waals surface area contributed by atoms with Crippen molar-refractivity contribution in [1.82, 2.24) is 9.13 Å². The smallest absolute Gasteiger partial charge is 0.163 e. The van der Waals surface area contributed by atoms with Crippen molar-refractivity contribution in [2.45, 2.75) is 4.90 Å². The number of aliphatic imine (C=N–C) groups is 2. The molecular formula is C46H38B5N5OS. The standard InChI is InChI=1S/C46H38B5N5OS/c1-58-44-33(48)23-32(47)39(50)37(44)31-22-36(57)40(51)43(38(31)49)56-35-19-11-9-17-28(35)30-21-20-29-27-16-8-10-18-34(27)55(41(29)42(30)56)24-53-46(26-14-6-3-7-15-26)54-45(52)25-12-4-2-5-13-25/h2-24,52,57H,47-51H2,1H3/b52-45?,53-24+,54-46-. The average Bonchev–Trinajstić information content (AvgIpc) is 3.75. The van der Waals surface area contributed by atoms with Crippen LogP contribution >= 0.6 is 11.8 Å². The molecule has 0 bridgehead atoms. The second-order valence-electron chi connectivity index (χ2n) is 14.9. The number of rotatable bonds is 6. The molecule has 0 saturated carbocycles. The number of hydrogen-bond donors (Lipinski definition) is 2. The van der Waals surface area contributed by atoms with Crippen LogP contribution in [0, 0.1) is 5.41 Å². The molecule has 0 aliphatic rings. The third kappa shape index (κ3) is 6.02. The Kier molecular flexibility index (Phi) is 9.53. The van der Waals surface area contributed by atoms with E-state index in [9.17, 15) is 5.11 Å². The fourth-order valence-electron chi connectivity index (χ4n) is 8.65. The Hall–Kier alpha value is -6.38. The Balaban J connectivity index is 1.38. The topological polar surface area (TPSA) is 78.7 Å². The molecule has 2 heterocycles. The molecule has 6 nitrogen and oxygen atoms in total. The summed E-state index contributed by atoms with van der Waals surface area (Å²) in [6.45, 7) is 0. The predicted octanol–water partition coefficient (Wildman–Crippen LogP) is 2.63. The summed E-state index contributed by atoms with van der Waals surface area (Å²) in [6, 6.07) is 45.0. The summed E-state index contributed by atoms with van der Waals surface area (Å²) in [5, 5.41) is 25.2. The van der Waals surface area contributed by atoms with Crippen molar-refractivity contribution >= 4 is 140 Å². The van der Waals surface area contributed by atoms with Gasteiger partial charge in [-0.1, -0.05) is 137 Å². The number of thioether (sulfide) groups is 1. The van der Waals surface area contributed by atoms with Crippen LogP contribution in [0.4, 0.5) is 0 Å². The zero-order valence-electron chi connectivity index (χ0n) is 33.4. The van der Waals surface area contributed by atoms with E-state index in [-0.39, 0.29) is 11.6 Å². The molecule has 2 N–H and O–H groups in total. The number of fused-ring (bicyclic) bond motifs is 7. The minimum atomic E-state index is 0.135.